The zero-order valence-corrected chi connectivity index (χ0v) is 13.1. The van der Waals surface area contributed by atoms with Crippen LogP contribution in [-0.4, -0.2) is 18.2 Å². The van der Waals surface area contributed by atoms with E-state index in [9.17, 15) is 8.42 Å². The SMILES string of the molecule is Cc1nn(CCCC(C)(C)C#N)c(C)c1S(=O)(=O)Cl. The molecule has 0 N–H and O–H groups in total. The normalized spacial score (nSPS) is 12.4. The minimum atomic E-state index is -3.76. The highest BCUT2D eigenvalue weighted by molar-refractivity contribution is 8.13. The van der Waals surface area contributed by atoms with Crippen LogP contribution in [-0.2, 0) is 15.6 Å². The first-order valence-electron chi connectivity index (χ1n) is 5.98. The van der Waals surface area contributed by atoms with Crippen molar-refractivity contribution in [3.05, 3.63) is 11.4 Å². The van der Waals surface area contributed by atoms with Crippen LogP contribution < -0.4 is 0 Å². The third kappa shape index (κ3) is 3.95. The van der Waals surface area contributed by atoms with E-state index in [1.807, 2.05) is 13.8 Å². The van der Waals surface area contributed by atoms with Gasteiger partial charge in [-0.15, -0.1) is 0 Å². The van der Waals surface area contributed by atoms with Gasteiger partial charge in [0.25, 0.3) is 9.05 Å². The van der Waals surface area contributed by atoms with Crippen molar-refractivity contribution < 1.29 is 8.42 Å². The zero-order chi connectivity index (χ0) is 14.8. The van der Waals surface area contributed by atoms with Gasteiger partial charge in [-0.1, -0.05) is 0 Å². The Morgan fingerprint density at radius 2 is 2.00 bits per heavy atom. The van der Waals surface area contributed by atoms with E-state index in [-0.39, 0.29) is 10.3 Å². The highest BCUT2D eigenvalue weighted by Crippen LogP contribution is 2.25. The van der Waals surface area contributed by atoms with Crippen LogP contribution in [0.25, 0.3) is 0 Å². The van der Waals surface area contributed by atoms with Gasteiger partial charge in [0, 0.05) is 17.2 Å². The Hall–Kier alpha value is -1.06. The van der Waals surface area contributed by atoms with Crippen LogP contribution in [0.3, 0.4) is 0 Å². The van der Waals surface area contributed by atoms with Crippen molar-refractivity contribution in [1.29, 1.82) is 5.26 Å². The standard InChI is InChI=1S/C12H18ClN3O2S/c1-9-11(19(13,17)18)10(2)16(15-9)7-5-6-12(3,4)8-14/h5-7H2,1-4H3. The lowest BCUT2D eigenvalue weighted by Crippen LogP contribution is -2.11. The molecule has 0 unspecified atom stereocenters. The average molecular weight is 304 g/mol. The van der Waals surface area contributed by atoms with Crippen LogP contribution >= 0.6 is 10.7 Å². The molecule has 0 aliphatic carbocycles. The van der Waals surface area contributed by atoms with Crippen molar-refractivity contribution in [2.24, 2.45) is 5.41 Å². The molecule has 0 spiro atoms. The summed E-state index contributed by atoms with van der Waals surface area (Å²) in [4.78, 5) is 0.0914. The number of aromatic nitrogens is 2. The molecule has 0 aromatic carbocycles. The highest BCUT2D eigenvalue weighted by Gasteiger charge is 2.23. The number of rotatable bonds is 5. The second-order valence-electron chi connectivity index (χ2n) is 5.26. The highest BCUT2D eigenvalue weighted by atomic mass is 35.7. The molecule has 0 radical (unpaired) electrons. The van der Waals surface area contributed by atoms with E-state index in [1.54, 1.807) is 18.5 Å². The van der Waals surface area contributed by atoms with Crippen molar-refractivity contribution in [2.45, 2.75) is 52.0 Å². The van der Waals surface area contributed by atoms with Gasteiger partial charge in [-0.25, -0.2) is 8.42 Å². The Morgan fingerprint density at radius 1 is 1.42 bits per heavy atom. The fraction of sp³-hybridized carbons (Fsp3) is 0.667. The molecule has 1 aromatic rings. The lowest BCUT2D eigenvalue weighted by atomic mass is 9.90. The molecular formula is C12H18ClN3O2S. The summed E-state index contributed by atoms with van der Waals surface area (Å²) >= 11 is 0. The first-order valence-corrected chi connectivity index (χ1v) is 8.29. The molecule has 0 aliphatic rings. The average Bonchev–Trinajstić information content (AvgIpc) is 2.53. The summed E-state index contributed by atoms with van der Waals surface area (Å²) in [5.41, 5.74) is 0.576. The van der Waals surface area contributed by atoms with Crippen LogP contribution in [0.1, 0.15) is 38.1 Å². The molecule has 1 aromatic heterocycles. The molecule has 19 heavy (non-hydrogen) atoms. The molecule has 0 saturated heterocycles. The number of nitrogens with zero attached hydrogens (tertiary/aromatic N) is 3. The summed E-state index contributed by atoms with van der Waals surface area (Å²) < 4.78 is 24.5. The molecule has 1 rings (SSSR count). The second kappa shape index (κ2) is 5.51. The summed E-state index contributed by atoms with van der Waals surface area (Å²) in [5, 5.41) is 13.1. The van der Waals surface area contributed by atoms with Crippen molar-refractivity contribution >= 4 is 19.7 Å². The Bertz CT molecular complexity index is 612. The third-order valence-electron chi connectivity index (χ3n) is 3.03. The number of hydrogen-bond acceptors (Lipinski definition) is 4. The first kappa shape index (κ1) is 16.0. The second-order valence-corrected chi connectivity index (χ2v) is 7.76. The molecular weight excluding hydrogens is 286 g/mol. The maximum absolute atomic E-state index is 11.4. The molecule has 0 fully saturated rings. The van der Waals surface area contributed by atoms with E-state index in [0.717, 1.165) is 12.8 Å². The fourth-order valence-electron chi connectivity index (χ4n) is 1.98. The smallest absolute Gasteiger partial charge is 0.264 e. The van der Waals surface area contributed by atoms with E-state index in [1.165, 1.54) is 0 Å². The first-order chi connectivity index (χ1) is 8.58. The largest absolute Gasteiger partial charge is 0.268 e. The van der Waals surface area contributed by atoms with E-state index < -0.39 is 9.05 Å². The van der Waals surface area contributed by atoms with E-state index in [0.29, 0.717) is 17.9 Å². The van der Waals surface area contributed by atoms with Crippen molar-refractivity contribution in [3.8, 4) is 6.07 Å². The van der Waals surface area contributed by atoms with Gasteiger partial charge < -0.3 is 0 Å². The van der Waals surface area contributed by atoms with Gasteiger partial charge in [0.05, 0.1) is 22.9 Å². The lowest BCUT2D eigenvalue weighted by Gasteiger charge is -2.14. The quantitative estimate of drug-likeness (QED) is 0.784. The Balaban J connectivity index is 2.86. The number of aryl methyl sites for hydroxylation is 2. The Morgan fingerprint density at radius 3 is 2.42 bits per heavy atom. The maximum Gasteiger partial charge on any atom is 0.264 e. The Kier molecular flexibility index (Phi) is 4.64. The van der Waals surface area contributed by atoms with Gasteiger partial charge in [-0.2, -0.15) is 10.4 Å². The summed E-state index contributed by atoms with van der Waals surface area (Å²) in [6.45, 7) is 7.64. The summed E-state index contributed by atoms with van der Waals surface area (Å²) in [6, 6.07) is 2.24. The summed E-state index contributed by atoms with van der Waals surface area (Å²) in [5.74, 6) is 0. The number of halogens is 1. The van der Waals surface area contributed by atoms with Gasteiger partial charge in [0.15, 0.2) is 0 Å². The van der Waals surface area contributed by atoms with Crippen LogP contribution in [0, 0.1) is 30.6 Å². The molecule has 0 atom stereocenters. The van der Waals surface area contributed by atoms with Crippen LogP contribution in [0.5, 0.6) is 0 Å². The Labute approximate surface area is 118 Å². The molecule has 0 bridgehead atoms. The van der Waals surface area contributed by atoms with Crippen molar-refractivity contribution in [1.82, 2.24) is 9.78 Å². The van der Waals surface area contributed by atoms with Gasteiger partial charge in [-0.3, -0.25) is 4.68 Å². The minimum Gasteiger partial charge on any atom is -0.268 e. The number of nitriles is 1. The van der Waals surface area contributed by atoms with Crippen molar-refractivity contribution in [3.63, 3.8) is 0 Å². The zero-order valence-electron chi connectivity index (χ0n) is 11.6. The minimum absolute atomic E-state index is 0.0914. The van der Waals surface area contributed by atoms with E-state index in [4.69, 9.17) is 15.9 Å². The lowest BCUT2D eigenvalue weighted by molar-refractivity contribution is 0.404. The molecule has 0 saturated carbocycles. The van der Waals surface area contributed by atoms with Gasteiger partial charge in [0.1, 0.15) is 4.90 Å². The predicted octanol–water partition coefficient (Wildman–Crippen LogP) is 2.76. The third-order valence-corrected chi connectivity index (χ3v) is 4.57. The van der Waals surface area contributed by atoms with Crippen LogP contribution in [0.15, 0.2) is 4.90 Å². The van der Waals surface area contributed by atoms with E-state index in [2.05, 4.69) is 11.2 Å². The van der Waals surface area contributed by atoms with E-state index >= 15 is 0 Å². The predicted molar refractivity (Wildman–Crippen MR) is 73.4 cm³/mol. The monoisotopic (exact) mass is 303 g/mol. The summed E-state index contributed by atoms with van der Waals surface area (Å²) in [6.07, 6.45) is 1.48. The number of hydrogen-bond donors (Lipinski definition) is 0. The van der Waals surface area contributed by atoms with Gasteiger partial charge in [-0.05, 0) is 40.5 Å². The molecule has 1 heterocycles. The molecule has 106 valence electrons. The molecule has 0 aliphatic heterocycles. The van der Waals surface area contributed by atoms with Crippen LogP contribution in [0.2, 0.25) is 0 Å². The summed E-state index contributed by atoms with van der Waals surface area (Å²) in [7, 11) is 1.62. The topological polar surface area (TPSA) is 75.8 Å². The van der Waals surface area contributed by atoms with Crippen molar-refractivity contribution in [2.75, 3.05) is 0 Å². The maximum atomic E-state index is 11.4. The molecule has 5 nitrogen and oxygen atoms in total. The van der Waals surface area contributed by atoms with Crippen LogP contribution in [0.4, 0.5) is 0 Å². The fourth-order valence-corrected chi connectivity index (χ4v) is 3.50. The molecule has 0 amide bonds. The molecule has 7 heteroatoms. The van der Waals surface area contributed by atoms with Gasteiger partial charge in [0.2, 0.25) is 0 Å². The van der Waals surface area contributed by atoms with Gasteiger partial charge >= 0.3 is 0 Å².